The maximum Gasteiger partial charge on any atom is 0.324 e. The van der Waals surface area contributed by atoms with E-state index in [1.165, 1.54) is 22.3 Å². The van der Waals surface area contributed by atoms with Crippen LogP contribution in [-0.4, -0.2) is 49.9 Å². The van der Waals surface area contributed by atoms with Crippen LogP contribution in [0.5, 0.6) is 0 Å². The highest BCUT2D eigenvalue weighted by Crippen LogP contribution is 2.37. The van der Waals surface area contributed by atoms with Crippen molar-refractivity contribution in [1.82, 2.24) is 4.90 Å². The number of hydrogen-bond donors (Lipinski definition) is 2. The van der Waals surface area contributed by atoms with Crippen LogP contribution in [0.25, 0.3) is 0 Å². The van der Waals surface area contributed by atoms with Gasteiger partial charge in [0.25, 0.3) is 5.91 Å². The second-order valence-electron chi connectivity index (χ2n) is 8.26. The molecule has 7 nitrogen and oxygen atoms in total. The summed E-state index contributed by atoms with van der Waals surface area (Å²) in [7, 11) is -3.11. The predicted molar refractivity (Wildman–Crippen MR) is 127 cm³/mol. The van der Waals surface area contributed by atoms with Crippen LogP contribution in [0.4, 0.5) is 15.5 Å². The summed E-state index contributed by atoms with van der Waals surface area (Å²) >= 11 is 13.2. The molecule has 0 unspecified atom stereocenters. The van der Waals surface area contributed by atoms with E-state index in [4.69, 9.17) is 23.2 Å². The van der Waals surface area contributed by atoms with Crippen molar-refractivity contribution in [1.29, 1.82) is 0 Å². The van der Waals surface area contributed by atoms with E-state index in [1.54, 1.807) is 18.2 Å². The van der Waals surface area contributed by atoms with Gasteiger partial charge in [-0.1, -0.05) is 44.0 Å². The average Bonchev–Trinajstić information content (AvgIpc) is 3.08. The number of urea groups is 1. The van der Waals surface area contributed by atoms with Gasteiger partial charge in [-0.2, -0.15) is 0 Å². The van der Waals surface area contributed by atoms with E-state index < -0.39 is 15.9 Å². The second kappa shape index (κ2) is 8.97. The third-order valence-corrected chi connectivity index (χ3v) is 8.56. The SMILES string of the molecule is CC(C)(C)c1cc(C(=O)N2CCS(=O)(=O)CC2)c(NC(=O)Nc2ccc(Cl)c(Cl)c2)s1. The lowest BCUT2D eigenvalue weighted by molar-refractivity contribution is 0.0771. The van der Waals surface area contributed by atoms with Crippen LogP contribution in [0.2, 0.25) is 10.0 Å². The highest BCUT2D eigenvalue weighted by atomic mass is 35.5. The first-order valence-corrected chi connectivity index (χ1v) is 12.9. The molecular formula is C20H23Cl2N3O4S2. The number of benzene rings is 1. The molecule has 2 aromatic rings. The molecule has 168 valence electrons. The lowest BCUT2D eigenvalue weighted by atomic mass is 9.94. The van der Waals surface area contributed by atoms with E-state index in [0.29, 0.717) is 26.3 Å². The molecule has 2 heterocycles. The van der Waals surface area contributed by atoms with E-state index in [1.807, 2.05) is 20.8 Å². The minimum absolute atomic E-state index is 0.0599. The molecule has 0 saturated carbocycles. The Hall–Kier alpha value is -1.81. The minimum Gasteiger partial charge on any atom is -0.337 e. The summed E-state index contributed by atoms with van der Waals surface area (Å²) in [6, 6.07) is 5.95. The fraction of sp³-hybridized carbons (Fsp3) is 0.400. The van der Waals surface area contributed by atoms with Gasteiger partial charge in [0.2, 0.25) is 0 Å². The number of nitrogens with zero attached hydrogens (tertiary/aromatic N) is 1. The zero-order valence-electron chi connectivity index (χ0n) is 17.3. The lowest BCUT2D eigenvalue weighted by Crippen LogP contribution is -2.43. The van der Waals surface area contributed by atoms with Crippen molar-refractivity contribution >= 4 is 67.0 Å². The fourth-order valence-corrected chi connectivity index (χ4v) is 5.54. The number of thiophene rings is 1. The number of nitrogens with one attached hydrogen (secondary N) is 2. The van der Waals surface area contributed by atoms with Gasteiger partial charge in [-0.15, -0.1) is 11.3 Å². The molecule has 3 amide bonds. The summed E-state index contributed by atoms with van der Waals surface area (Å²) in [5, 5.41) is 6.50. The fourth-order valence-electron chi connectivity index (χ4n) is 2.94. The van der Waals surface area contributed by atoms with Gasteiger partial charge in [0, 0.05) is 23.7 Å². The van der Waals surface area contributed by atoms with E-state index in [2.05, 4.69) is 10.6 Å². The van der Waals surface area contributed by atoms with Crippen LogP contribution in [-0.2, 0) is 15.3 Å². The van der Waals surface area contributed by atoms with Gasteiger partial charge in [0.1, 0.15) is 5.00 Å². The monoisotopic (exact) mass is 503 g/mol. The summed E-state index contributed by atoms with van der Waals surface area (Å²) in [4.78, 5) is 28.1. The van der Waals surface area contributed by atoms with Crippen molar-refractivity contribution in [2.75, 3.05) is 35.2 Å². The number of sulfone groups is 1. The van der Waals surface area contributed by atoms with Gasteiger partial charge < -0.3 is 10.2 Å². The summed E-state index contributed by atoms with van der Waals surface area (Å²) < 4.78 is 23.4. The van der Waals surface area contributed by atoms with Crippen molar-refractivity contribution in [2.24, 2.45) is 0 Å². The molecule has 1 aliphatic rings. The standard InChI is InChI=1S/C20H23Cl2N3O4S2/c1-20(2,3)16-11-13(18(26)25-6-8-31(28,29)9-7-25)17(30-16)24-19(27)23-12-4-5-14(21)15(22)10-12/h4-5,10-11H,6-9H2,1-3H3,(H2,23,24,27). The molecule has 11 heteroatoms. The second-order valence-corrected chi connectivity index (χ2v) is 12.4. The van der Waals surface area contributed by atoms with Gasteiger partial charge in [-0.05, 0) is 29.7 Å². The molecule has 2 N–H and O–H groups in total. The van der Waals surface area contributed by atoms with Gasteiger partial charge in [0.15, 0.2) is 9.84 Å². The van der Waals surface area contributed by atoms with Gasteiger partial charge >= 0.3 is 6.03 Å². The molecule has 3 rings (SSSR count). The maximum atomic E-state index is 13.1. The molecule has 0 bridgehead atoms. The number of hydrogen-bond acceptors (Lipinski definition) is 5. The molecule has 1 saturated heterocycles. The van der Waals surface area contributed by atoms with E-state index in [-0.39, 0.29) is 35.9 Å². The molecule has 1 aromatic heterocycles. The zero-order valence-corrected chi connectivity index (χ0v) is 20.4. The number of halogens is 2. The molecule has 1 aliphatic heterocycles. The molecule has 1 aromatic carbocycles. The van der Waals surface area contributed by atoms with Crippen LogP contribution in [0.15, 0.2) is 24.3 Å². The van der Waals surface area contributed by atoms with Crippen molar-refractivity contribution in [3.8, 4) is 0 Å². The summed E-state index contributed by atoms with van der Waals surface area (Å²) in [6.07, 6.45) is 0. The number of anilines is 2. The number of rotatable bonds is 3. The van der Waals surface area contributed by atoms with Crippen LogP contribution >= 0.6 is 34.5 Å². The largest absolute Gasteiger partial charge is 0.337 e. The summed E-state index contributed by atoms with van der Waals surface area (Å²) in [5.41, 5.74) is 0.567. The first-order chi connectivity index (χ1) is 14.4. The first-order valence-electron chi connectivity index (χ1n) is 9.53. The Labute approximate surface area is 195 Å². The zero-order chi connectivity index (χ0) is 23.0. The molecule has 0 spiro atoms. The van der Waals surface area contributed by atoms with Crippen molar-refractivity contribution in [3.63, 3.8) is 0 Å². The quantitative estimate of drug-likeness (QED) is 0.624. The Morgan fingerprint density at radius 2 is 1.68 bits per heavy atom. The van der Waals surface area contributed by atoms with E-state index in [9.17, 15) is 18.0 Å². The first kappa shape index (κ1) is 23.8. The van der Waals surface area contributed by atoms with Gasteiger partial charge in [0.05, 0.1) is 27.1 Å². The van der Waals surface area contributed by atoms with Crippen molar-refractivity contribution in [2.45, 2.75) is 26.2 Å². The summed E-state index contributed by atoms with van der Waals surface area (Å²) in [5.74, 6) is -0.419. The third-order valence-electron chi connectivity index (χ3n) is 4.74. The third kappa shape index (κ3) is 5.91. The van der Waals surface area contributed by atoms with E-state index >= 15 is 0 Å². The Bertz CT molecular complexity index is 1110. The Morgan fingerprint density at radius 3 is 2.26 bits per heavy atom. The maximum absolute atomic E-state index is 13.1. The molecular weight excluding hydrogens is 481 g/mol. The number of amides is 3. The molecule has 0 radical (unpaired) electrons. The van der Waals surface area contributed by atoms with Crippen molar-refractivity contribution in [3.05, 3.63) is 44.8 Å². The predicted octanol–water partition coefficient (Wildman–Crippen LogP) is 4.87. The van der Waals surface area contributed by atoms with Gasteiger partial charge in [-0.25, -0.2) is 13.2 Å². The topological polar surface area (TPSA) is 95.6 Å². The Kier molecular flexibility index (Phi) is 6.90. The summed E-state index contributed by atoms with van der Waals surface area (Å²) in [6.45, 7) is 6.31. The van der Waals surface area contributed by atoms with Gasteiger partial charge in [-0.3, -0.25) is 10.1 Å². The highest BCUT2D eigenvalue weighted by Gasteiger charge is 2.30. The van der Waals surface area contributed by atoms with Crippen LogP contribution in [0, 0.1) is 0 Å². The normalized spacial score (nSPS) is 16.1. The van der Waals surface area contributed by atoms with Crippen LogP contribution < -0.4 is 10.6 Å². The van der Waals surface area contributed by atoms with Crippen LogP contribution in [0.3, 0.4) is 0 Å². The molecule has 31 heavy (non-hydrogen) atoms. The molecule has 1 fully saturated rings. The van der Waals surface area contributed by atoms with E-state index in [0.717, 1.165) is 4.88 Å². The smallest absolute Gasteiger partial charge is 0.324 e. The number of carbonyl (C=O) groups is 2. The lowest BCUT2D eigenvalue weighted by Gasteiger charge is -2.26. The number of carbonyl (C=O) groups excluding carboxylic acids is 2. The Morgan fingerprint density at radius 1 is 1.03 bits per heavy atom. The Balaban J connectivity index is 1.83. The molecule has 0 atom stereocenters. The average molecular weight is 504 g/mol. The molecule has 0 aliphatic carbocycles. The van der Waals surface area contributed by atoms with Crippen LogP contribution in [0.1, 0.15) is 36.0 Å². The van der Waals surface area contributed by atoms with Crippen molar-refractivity contribution < 1.29 is 18.0 Å². The minimum atomic E-state index is -3.11. The highest BCUT2D eigenvalue weighted by molar-refractivity contribution is 7.91.